The van der Waals surface area contributed by atoms with Gasteiger partial charge >= 0.3 is 154 Å². The fourth-order valence-electron chi connectivity index (χ4n) is 4.95. The van der Waals surface area contributed by atoms with E-state index in [9.17, 15) is 0 Å². The summed E-state index contributed by atoms with van der Waals surface area (Å²) < 4.78 is 12.6. The molecule has 3 aliphatic heterocycles. The summed E-state index contributed by atoms with van der Waals surface area (Å²) in [5, 5.41) is 1.48. The minimum absolute atomic E-state index is 0.520. The van der Waals surface area contributed by atoms with Crippen LogP contribution in [0.2, 0.25) is 0 Å². The van der Waals surface area contributed by atoms with Crippen molar-refractivity contribution < 1.29 is 9.26 Å². The summed E-state index contributed by atoms with van der Waals surface area (Å²) in [5.74, 6) is 3.06. The van der Waals surface area contributed by atoms with Crippen LogP contribution in [0.25, 0.3) is 0 Å². The van der Waals surface area contributed by atoms with E-state index >= 15 is 0 Å². The van der Waals surface area contributed by atoms with Crippen molar-refractivity contribution in [3.63, 3.8) is 0 Å². The van der Waals surface area contributed by atoms with Gasteiger partial charge < -0.3 is 0 Å². The van der Waals surface area contributed by atoms with Gasteiger partial charge in [-0.25, -0.2) is 0 Å². The van der Waals surface area contributed by atoms with E-state index in [4.69, 9.17) is 9.26 Å². The molecule has 0 aromatic heterocycles. The Morgan fingerprint density at radius 3 is 2.72 bits per heavy atom. The first-order valence-corrected chi connectivity index (χ1v) is 12.8. The molecular formula is C22H35O2P. The Morgan fingerprint density at radius 2 is 2.08 bits per heavy atom. The van der Waals surface area contributed by atoms with Gasteiger partial charge in [-0.05, 0) is 0 Å². The molecule has 5 rings (SSSR count). The average molecular weight is 362 g/mol. The van der Waals surface area contributed by atoms with Crippen molar-refractivity contribution in [3.05, 3.63) is 24.3 Å². The molecule has 25 heavy (non-hydrogen) atoms. The summed E-state index contributed by atoms with van der Waals surface area (Å²) in [6.07, 6.45) is 12.1. The zero-order chi connectivity index (χ0) is 17.3. The topological polar surface area (TPSA) is 18.5 Å². The molecule has 0 spiro atoms. The van der Waals surface area contributed by atoms with E-state index < -0.39 is 7.49 Å². The molecule has 0 amide bonds. The molecule has 4 aliphatic rings. The van der Waals surface area contributed by atoms with Crippen molar-refractivity contribution in [2.24, 2.45) is 17.3 Å². The number of ether oxygens (including phenoxy) is 1. The van der Waals surface area contributed by atoms with Crippen LogP contribution in [0.3, 0.4) is 0 Å². The van der Waals surface area contributed by atoms with E-state index in [1.165, 1.54) is 56.2 Å². The van der Waals surface area contributed by atoms with Crippen LogP contribution in [0.15, 0.2) is 24.3 Å². The molecule has 140 valence electrons. The fourth-order valence-corrected chi connectivity index (χ4v) is 9.49. The van der Waals surface area contributed by atoms with E-state index in [1.54, 1.807) is 0 Å². The summed E-state index contributed by atoms with van der Waals surface area (Å²) in [6, 6.07) is 8.89. The van der Waals surface area contributed by atoms with Crippen LogP contribution in [0.5, 0.6) is 5.75 Å². The molecule has 3 heterocycles. The van der Waals surface area contributed by atoms with Crippen LogP contribution >= 0.6 is 7.49 Å². The SMILES string of the molecule is CCCCOc1cccc([PH]23CCC(CC[C@@H]4CC4C)(CC2)CO3)c1. The van der Waals surface area contributed by atoms with Gasteiger partial charge in [0.05, 0.1) is 0 Å². The molecule has 3 saturated heterocycles. The van der Waals surface area contributed by atoms with Crippen LogP contribution in [0.1, 0.15) is 58.8 Å². The molecule has 2 nitrogen and oxygen atoms in total. The summed E-state index contributed by atoms with van der Waals surface area (Å²) in [7, 11) is -1.73. The Bertz CT molecular complexity index is 575. The zero-order valence-electron chi connectivity index (χ0n) is 16.1. The van der Waals surface area contributed by atoms with Crippen molar-refractivity contribution in [2.75, 3.05) is 25.5 Å². The maximum atomic E-state index is 6.70. The van der Waals surface area contributed by atoms with Gasteiger partial charge in [-0.1, -0.05) is 0 Å². The number of fused-ring (bicyclic) bond motifs is 3. The van der Waals surface area contributed by atoms with Gasteiger partial charge in [0.1, 0.15) is 0 Å². The van der Waals surface area contributed by atoms with Crippen LogP contribution in [0, 0.1) is 17.3 Å². The number of hydrogen-bond acceptors (Lipinski definition) is 2. The Balaban J connectivity index is 1.39. The molecule has 1 aliphatic carbocycles. The van der Waals surface area contributed by atoms with Crippen molar-refractivity contribution >= 4 is 12.8 Å². The van der Waals surface area contributed by atoms with Gasteiger partial charge in [0.25, 0.3) is 0 Å². The van der Waals surface area contributed by atoms with Gasteiger partial charge in [-0.15, -0.1) is 0 Å². The Hall–Kier alpha value is -0.590. The second kappa shape index (κ2) is 7.20. The quantitative estimate of drug-likeness (QED) is 0.455. The van der Waals surface area contributed by atoms with Crippen LogP contribution in [-0.4, -0.2) is 25.5 Å². The Kier molecular flexibility index (Phi) is 5.13. The summed E-state index contributed by atoms with van der Waals surface area (Å²) in [5.41, 5.74) is 0.520. The van der Waals surface area contributed by atoms with Gasteiger partial charge in [-0.2, -0.15) is 0 Å². The standard InChI is InChI=1S/C22H35O2P/c1-3-4-12-23-20-6-5-7-21(16-20)25-13-10-22(11-14-25,17-24-25)9-8-19-15-18(19)2/h5-7,16,18-19,25H,3-4,8-15,17H2,1-2H3/t18?,19-/m1/s1. The molecule has 4 fully saturated rings. The predicted molar refractivity (Wildman–Crippen MR) is 109 cm³/mol. The number of benzene rings is 1. The molecule has 1 aromatic carbocycles. The molecule has 1 unspecified atom stereocenters. The summed E-state index contributed by atoms with van der Waals surface area (Å²) in [6.45, 7) is 6.48. The monoisotopic (exact) mass is 362 g/mol. The van der Waals surface area contributed by atoms with E-state index in [1.807, 2.05) is 0 Å². The van der Waals surface area contributed by atoms with Crippen molar-refractivity contribution in [1.29, 1.82) is 0 Å². The van der Waals surface area contributed by atoms with Gasteiger partial charge in [-0.3, -0.25) is 0 Å². The number of rotatable bonds is 8. The second-order valence-corrected chi connectivity index (χ2v) is 12.9. The summed E-state index contributed by atoms with van der Waals surface area (Å²) in [4.78, 5) is 0. The fraction of sp³-hybridized carbons (Fsp3) is 0.727. The molecule has 0 N–H and O–H groups in total. The second-order valence-electron chi connectivity index (χ2n) is 9.02. The number of unbranched alkanes of at least 4 members (excludes halogenated alkanes) is 1. The van der Waals surface area contributed by atoms with E-state index in [-0.39, 0.29) is 0 Å². The van der Waals surface area contributed by atoms with Crippen LogP contribution < -0.4 is 10.0 Å². The third kappa shape index (κ3) is 3.76. The summed E-state index contributed by atoms with van der Waals surface area (Å²) >= 11 is 0. The first kappa shape index (κ1) is 17.8. The van der Waals surface area contributed by atoms with Gasteiger partial charge in [0.15, 0.2) is 0 Å². The third-order valence-electron chi connectivity index (χ3n) is 7.22. The molecule has 2 atom stereocenters. The first-order valence-electron chi connectivity index (χ1n) is 10.5. The van der Waals surface area contributed by atoms with Gasteiger partial charge in [0, 0.05) is 0 Å². The minimum atomic E-state index is -1.73. The zero-order valence-corrected chi connectivity index (χ0v) is 17.1. The molecule has 1 aromatic rings. The van der Waals surface area contributed by atoms with Crippen LogP contribution in [-0.2, 0) is 4.52 Å². The molecular weight excluding hydrogens is 327 g/mol. The normalized spacial score (nSPS) is 33.8. The average Bonchev–Trinajstić information content (AvgIpc) is 3.38. The number of hydrogen-bond donors (Lipinski definition) is 0. The molecule has 0 radical (unpaired) electrons. The van der Waals surface area contributed by atoms with Crippen LogP contribution in [0.4, 0.5) is 0 Å². The first-order chi connectivity index (χ1) is 12.1. The van der Waals surface area contributed by atoms with E-state index in [2.05, 4.69) is 38.1 Å². The maximum absolute atomic E-state index is 6.70. The van der Waals surface area contributed by atoms with Gasteiger partial charge in [0.2, 0.25) is 0 Å². The van der Waals surface area contributed by atoms with Crippen molar-refractivity contribution in [1.82, 2.24) is 0 Å². The molecule has 2 bridgehead atoms. The Labute approximate surface area is 154 Å². The van der Waals surface area contributed by atoms with Crippen molar-refractivity contribution in [3.8, 4) is 5.75 Å². The van der Waals surface area contributed by atoms with Crippen molar-refractivity contribution in [2.45, 2.75) is 58.8 Å². The van der Waals surface area contributed by atoms with E-state index in [0.717, 1.165) is 37.2 Å². The molecule has 3 heteroatoms. The van der Waals surface area contributed by atoms with E-state index in [0.29, 0.717) is 5.41 Å². The third-order valence-corrected chi connectivity index (χ3v) is 11.4. The Morgan fingerprint density at radius 1 is 1.28 bits per heavy atom. The predicted octanol–water partition coefficient (Wildman–Crippen LogP) is 5.40. The molecule has 1 saturated carbocycles.